The van der Waals surface area contributed by atoms with E-state index in [-0.39, 0.29) is 43.0 Å². The molecule has 0 spiro atoms. The highest BCUT2D eigenvalue weighted by molar-refractivity contribution is 7.89. The highest BCUT2D eigenvalue weighted by Crippen LogP contribution is 2.45. The number of fused-ring (bicyclic) bond motifs is 2. The quantitative estimate of drug-likeness (QED) is 0.420. The van der Waals surface area contributed by atoms with Gasteiger partial charge in [-0.25, -0.2) is 17.1 Å². The SMILES string of the molecule is CCCN1CCCCOc2cc(F)cc(c2)CC(C(O)CNC2(c3cccc(CC)c3)CC2)NC(=O)CCCS1(=O)=O. The number of nitrogens with one attached hydrogen (secondary N) is 2. The van der Waals surface area contributed by atoms with Crippen molar-refractivity contribution in [1.82, 2.24) is 14.9 Å². The lowest BCUT2D eigenvalue weighted by Gasteiger charge is -2.27. The third-order valence-electron chi connectivity index (χ3n) is 8.23. The average molecular weight is 604 g/mol. The topological polar surface area (TPSA) is 108 Å². The predicted molar refractivity (Wildman–Crippen MR) is 162 cm³/mol. The molecule has 2 aromatic carbocycles. The van der Waals surface area contributed by atoms with E-state index in [0.717, 1.165) is 19.3 Å². The number of aliphatic hydroxyl groups is 1. The lowest BCUT2D eigenvalue weighted by Crippen LogP contribution is -2.50. The molecule has 1 heterocycles. The minimum Gasteiger partial charge on any atom is -0.493 e. The number of rotatable bonds is 8. The Morgan fingerprint density at radius 2 is 1.98 bits per heavy atom. The van der Waals surface area contributed by atoms with Crippen LogP contribution in [0.25, 0.3) is 0 Å². The van der Waals surface area contributed by atoms with Gasteiger partial charge < -0.3 is 20.5 Å². The number of carbonyl (C=O) groups excluding carboxylic acids is 1. The van der Waals surface area contributed by atoms with Crippen LogP contribution in [0.5, 0.6) is 5.75 Å². The highest BCUT2D eigenvalue weighted by Gasteiger charge is 2.44. The molecule has 232 valence electrons. The van der Waals surface area contributed by atoms with E-state index in [9.17, 15) is 22.7 Å². The Hall–Kier alpha value is -2.53. The Balaban J connectivity index is 1.50. The van der Waals surface area contributed by atoms with Crippen LogP contribution in [-0.2, 0) is 33.2 Å². The molecule has 1 aliphatic heterocycles. The van der Waals surface area contributed by atoms with E-state index in [1.807, 2.05) is 6.92 Å². The minimum absolute atomic E-state index is 0.0150. The van der Waals surface area contributed by atoms with Gasteiger partial charge in [0.25, 0.3) is 0 Å². The van der Waals surface area contributed by atoms with E-state index in [4.69, 9.17) is 4.74 Å². The molecule has 2 atom stereocenters. The number of aliphatic hydroxyl groups excluding tert-OH is 1. The molecule has 2 aromatic rings. The number of benzene rings is 2. The van der Waals surface area contributed by atoms with Crippen LogP contribution < -0.4 is 15.4 Å². The lowest BCUT2D eigenvalue weighted by atomic mass is 9.98. The third-order valence-corrected chi connectivity index (χ3v) is 10.2. The summed E-state index contributed by atoms with van der Waals surface area (Å²) in [6, 6.07) is 12.2. The molecule has 2 unspecified atom stereocenters. The summed E-state index contributed by atoms with van der Waals surface area (Å²) in [5, 5.41) is 17.8. The maximum Gasteiger partial charge on any atom is 0.220 e. The van der Waals surface area contributed by atoms with Crippen molar-refractivity contribution in [2.75, 3.05) is 32.0 Å². The monoisotopic (exact) mass is 603 g/mol. The fourth-order valence-electron chi connectivity index (χ4n) is 5.63. The number of nitrogens with zero attached hydrogens (tertiary/aromatic N) is 1. The van der Waals surface area contributed by atoms with Crippen molar-refractivity contribution >= 4 is 15.9 Å². The van der Waals surface area contributed by atoms with Gasteiger partial charge in [-0.2, -0.15) is 0 Å². The summed E-state index contributed by atoms with van der Waals surface area (Å²) in [6.45, 7) is 5.43. The van der Waals surface area contributed by atoms with Crippen molar-refractivity contribution in [2.45, 2.75) is 89.3 Å². The zero-order chi connectivity index (χ0) is 30.2. The summed E-state index contributed by atoms with van der Waals surface area (Å²) in [5.74, 6) is -0.536. The first kappa shape index (κ1) is 32.4. The normalized spacial score (nSPS) is 22.4. The van der Waals surface area contributed by atoms with Crippen molar-refractivity contribution in [3.05, 3.63) is 65.0 Å². The smallest absolute Gasteiger partial charge is 0.220 e. The maximum absolute atomic E-state index is 14.6. The third kappa shape index (κ3) is 8.99. The van der Waals surface area contributed by atoms with Crippen LogP contribution in [0.3, 0.4) is 0 Å². The molecular formula is C32H46FN3O5S. The summed E-state index contributed by atoms with van der Waals surface area (Å²) in [7, 11) is -3.51. The molecule has 1 fully saturated rings. The van der Waals surface area contributed by atoms with Crippen LogP contribution >= 0.6 is 0 Å². The summed E-state index contributed by atoms with van der Waals surface area (Å²) < 4.78 is 47.9. The molecule has 10 heteroatoms. The number of ether oxygens (including phenoxy) is 1. The van der Waals surface area contributed by atoms with Gasteiger partial charge in [0, 0.05) is 37.7 Å². The number of sulfonamides is 1. The van der Waals surface area contributed by atoms with Crippen molar-refractivity contribution in [1.29, 1.82) is 0 Å². The fourth-order valence-corrected chi connectivity index (χ4v) is 7.26. The minimum atomic E-state index is -3.51. The molecule has 1 aliphatic carbocycles. The molecule has 2 bridgehead atoms. The Morgan fingerprint density at radius 1 is 1.17 bits per heavy atom. The van der Waals surface area contributed by atoms with Gasteiger partial charge in [0.2, 0.25) is 15.9 Å². The van der Waals surface area contributed by atoms with Gasteiger partial charge in [-0.3, -0.25) is 4.79 Å². The first-order chi connectivity index (χ1) is 20.1. The van der Waals surface area contributed by atoms with E-state index in [1.54, 1.807) is 6.07 Å². The van der Waals surface area contributed by atoms with Crippen LogP contribution in [0.4, 0.5) is 4.39 Å². The lowest BCUT2D eigenvalue weighted by molar-refractivity contribution is -0.122. The Bertz CT molecular complexity index is 1300. The number of hydrogen-bond donors (Lipinski definition) is 3. The molecule has 4 rings (SSSR count). The summed E-state index contributed by atoms with van der Waals surface area (Å²) in [4.78, 5) is 13.0. The van der Waals surface area contributed by atoms with Crippen LogP contribution in [0.15, 0.2) is 42.5 Å². The first-order valence-electron chi connectivity index (χ1n) is 15.4. The number of amides is 1. The second-order valence-electron chi connectivity index (χ2n) is 11.6. The molecule has 2 aliphatic rings. The van der Waals surface area contributed by atoms with E-state index < -0.39 is 28.0 Å². The predicted octanol–water partition coefficient (Wildman–Crippen LogP) is 4.05. The van der Waals surface area contributed by atoms with Crippen LogP contribution in [-0.4, -0.2) is 67.9 Å². The van der Waals surface area contributed by atoms with Crippen LogP contribution in [0.2, 0.25) is 0 Å². The zero-order valence-electron chi connectivity index (χ0n) is 24.9. The molecular weight excluding hydrogens is 557 g/mol. The van der Waals surface area contributed by atoms with Gasteiger partial charge in [-0.1, -0.05) is 38.1 Å². The summed E-state index contributed by atoms with van der Waals surface area (Å²) >= 11 is 0. The largest absolute Gasteiger partial charge is 0.493 e. The first-order valence-corrected chi connectivity index (χ1v) is 17.0. The Morgan fingerprint density at radius 3 is 2.71 bits per heavy atom. The van der Waals surface area contributed by atoms with Crippen molar-refractivity contribution in [3.63, 3.8) is 0 Å². The average Bonchev–Trinajstić information content (AvgIpc) is 3.75. The van der Waals surface area contributed by atoms with E-state index >= 15 is 0 Å². The number of hydrogen-bond acceptors (Lipinski definition) is 6. The van der Waals surface area contributed by atoms with Gasteiger partial charge in [-0.05, 0) is 80.2 Å². The van der Waals surface area contributed by atoms with Crippen molar-refractivity contribution in [3.8, 4) is 5.75 Å². The Kier molecular flexibility index (Phi) is 11.4. The van der Waals surface area contributed by atoms with E-state index in [0.29, 0.717) is 50.3 Å². The standard InChI is InChI=1S/C32H46FN3O5S/c1-3-14-36-15-5-6-16-41-28-20-25(19-27(33)22-28)21-29(35-31(38)11-8-17-42(36,39)40)30(37)23-34-32(12-13-32)26-10-7-9-24(4-2)18-26/h7,9-10,18-20,22,29-30,34,37H,3-6,8,11-17,21,23H2,1-2H3,(H,35,38). The van der Waals surface area contributed by atoms with Gasteiger partial charge >= 0.3 is 0 Å². The van der Waals surface area contributed by atoms with E-state index in [1.165, 1.54) is 27.6 Å². The second kappa shape index (κ2) is 14.8. The van der Waals surface area contributed by atoms with Gasteiger partial charge in [-0.15, -0.1) is 0 Å². The van der Waals surface area contributed by atoms with Gasteiger partial charge in [0.1, 0.15) is 11.6 Å². The summed E-state index contributed by atoms with van der Waals surface area (Å²) in [6.07, 6.45) is 4.23. The van der Waals surface area contributed by atoms with E-state index in [2.05, 4.69) is 41.8 Å². The number of carbonyl (C=O) groups is 1. The molecule has 1 amide bonds. The van der Waals surface area contributed by atoms with Crippen LogP contribution in [0, 0.1) is 5.82 Å². The summed E-state index contributed by atoms with van der Waals surface area (Å²) in [5.41, 5.74) is 2.85. The van der Waals surface area contributed by atoms with Crippen molar-refractivity contribution in [2.24, 2.45) is 0 Å². The molecule has 42 heavy (non-hydrogen) atoms. The fraction of sp³-hybridized carbons (Fsp3) is 0.594. The maximum atomic E-state index is 14.6. The number of halogens is 1. The van der Waals surface area contributed by atoms with Crippen molar-refractivity contribution < 1.29 is 27.4 Å². The Labute approximate surface area is 250 Å². The zero-order valence-corrected chi connectivity index (χ0v) is 25.7. The molecule has 0 aromatic heterocycles. The molecule has 3 N–H and O–H groups in total. The molecule has 1 saturated carbocycles. The molecule has 0 radical (unpaired) electrons. The highest BCUT2D eigenvalue weighted by atomic mass is 32.2. The van der Waals surface area contributed by atoms with Gasteiger partial charge in [0.15, 0.2) is 0 Å². The van der Waals surface area contributed by atoms with Crippen LogP contribution in [0.1, 0.15) is 75.5 Å². The number of aryl methyl sites for hydroxylation is 1. The molecule has 8 nitrogen and oxygen atoms in total. The molecule has 0 saturated heterocycles. The van der Waals surface area contributed by atoms with Gasteiger partial charge in [0.05, 0.1) is 24.5 Å². The second-order valence-corrected chi connectivity index (χ2v) is 13.7.